The molecule has 1 heterocycles. The molecule has 0 aliphatic heterocycles. The molecule has 0 fully saturated rings. The number of rotatable bonds is 4. The lowest BCUT2D eigenvalue weighted by Crippen LogP contribution is -1.98. The number of aromatic nitrogens is 1. The van der Waals surface area contributed by atoms with Crippen LogP contribution in [0.15, 0.2) is 54.1 Å². The summed E-state index contributed by atoms with van der Waals surface area (Å²) in [5, 5.41) is 1.04. The average molecular weight is 276 g/mol. The predicted octanol–water partition coefficient (Wildman–Crippen LogP) is 4.67. The van der Waals surface area contributed by atoms with Crippen LogP contribution in [-0.4, -0.2) is 4.98 Å². The van der Waals surface area contributed by atoms with E-state index in [-0.39, 0.29) is 0 Å². The van der Waals surface area contributed by atoms with E-state index in [1.807, 2.05) is 24.3 Å². The quantitative estimate of drug-likeness (QED) is 0.824. The van der Waals surface area contributed by atoms with Gasteiger partial charge in [-0.25, -0.2) is 4.98 Å². The van der Waals surface area contributed by atoms with Crippen molar-refractivity contribution in [2.75, 3.05) is 5.73 Å². The first-order chi connectivity index (χ1) is 10.1. The Morgan fingerprint density at radius 1 is 1.38 bits per heavy atom. The summed E-state index contributed by atoms with van der Waals surface area (Å²) in [4.78, 5) is 4.84. The van der Waals surface area contributed by atoms with Crippen molar-refractivity contribution >= 4 is 22.2 Å². The Morgan fingerprint density at radius 2 is 2.19 bits per heavy atom. The molecule has 3 rings (SSSR count). The number of benzene rings is 1. The van der Waals surface area contributed by atoms with Crippen molar-refractivity contribution in [2.24, 2.45) is 0 Å². The van der Waals surface area contributed by atoms with Gasteiger partial charge in [0, 0.05) is 11.1 Å². The van der Waals surface area contributed by atoms with Crippen LogP contribution in [0.3, 0.4) is 0 Å². The zero-order valence-corrected chi connectivity index (χ0v) is 12.6. The third-order valence-electron chi connectivity index (χ3n) is 4.03. The second-order valence-electron chi connectivity index (χ2n) is 5.52. The topological polar surface area (TPSA) is 38.9 Å². The molecule has 0 amide bonds. The van der Waals surface area contributed by atoms with Crippen LogP contribution in [0.25, 0.3) is 16.5 Å². The standard InChI is InChI=1S/C19H20N2/c1-4-13-10-15(13)9-12(3)19-14(5-2)11-16-17(20)7-6-8-18(16)21-19/h4,6-9,11H,1,5,10,20H2,2-3H3/b12-9+. The number of hydrogen-bond acceptors (Lipinski definition) is 2. The molecule has 0 saturated carbocycles. The first kappa shape index (κ1) is 13.6. The number of nitrogen functional groups attached to an aromatic ring is 1. The smallest absolute Gasteiger partial charge is 0.0730 e. The summed E-state index contributed by atoms with van der Waals surface area (Å²) < 4.78 is 0. The van der Waals surface area contributed by atoms with Crippen LogP contribution in [0.2, 0.25) is 0 Å². The number of hydrogen-bond donors (Lipinski definition) is 1. The van der Waals surface area contributed by atoms with Crippen molar-refractivity contribution in [3.8, 4) is 0 Å². The van der Waals surface area contributed by atoms with Crippen molar-refractivity contribution < 1.29 is 0 Å². The van der Waals surface area contributed by atoms with E-state index in [0.29, 0.717) is 0 Å². The number of nitrogens with zero attached hydrogens (tertiary/aromatic N) is 1. The fourth-order valence-electron chi connectivity index (χ4n) is 2.71. The van der Waals surface area contributed by atoms with E-state index in [0.717, 1.165) is 35.1 Å². The van der Waals surface area contributed by atoms with Gasteiger partial charge in [-0.2, -0.15) is 0 Å². The summed E-state index contributed by atoms with van der Waals surface area (Å²) in [5.74, 6) is 0. The minimum atomic E-state index is 0.793. The van der Waals surface area contributed by atoms with Gasteiger partial charge in [-0.15, -0.1) is 0 Å². The molecule has 1 aliphatic rings. The van der Waals surface area contributed by atoms with E-state index >= 15 is 0 Å². The first-order valence-corrected chi connectivity index (χ1v) is 7.35. The van der Waals surface area contributed by atoms with Crippen molar-refractivity contribution in [1.29, 1.82) is 0 Å². The lowest BCUT2D eigenvalue weighted by atomic mass is 10.0. The number of allylic oxidation sites excluding steroid dienone is 5. The van der Waals surface area contributed by atoms with Crippen molar-refractivity contribution in [3.05, 3.63) is 65.4 Å². The SMILES string of the molecule is C=CC1=C(/C=C(\C)c2nc3cccc(N)c3cc2CC)C1. The van der Waals surface area contributed by atoms with Crippen LogP contribution >= 0.6 is 0 Å². The Labute approximate surface area is 125 Å². The van der Waals surface area contributed by atoms with Gasteiger partial charge in [0.15, 0.2) is 0 Å². The Hall–Kier alpha value is -2.35. The summed E-state index contributed by atoms with van der Waals surface area (Å²) in [6.07, 6.45) is 6.18. The molecule has 0 unspecified atom stereocenters. The summed E-state index contributed by atoms with van der Waals surface area (Å²) in [7, 11) is 0. The molecular weight excluding hydrogens is 256 g/mol. The number of pyridine rings is 1. The number of fused-ring (bicyclic) bond motifs is 1. The van der Waals surface area contributed by atoms with Crippen molar-refractivity contribution in [3.63, 3.8) is 0 Å². The molecule has 1 aromatic heterocycles. The minimum Gasteiger partial charge on any atom is -0.398 e. The molecule has 1 aliphatic carbocycles. The highest BCUT2D eigenvalue weighted by Gasteiger charge is 2.17. The van der Waals surface area contributed by atoms with E-state index < -0.39 is 0 Å². The molecule has 2 heteroatoms. The van der Waals surface area contributed by atoms with E-state index in [1.165, 1.54) is 22.3 Å². The first-order valence-electron chi connectivity index (χ1n) is 7.35. The maximum atomic E-state index is 6.06. The molecule has 2 N–H and O–H groups in total. The highest BCUT2D eigenvalue weighted by atomic mass is 14.7. The van der Waals surface area contributed by atoms with Crippen LogP contribution in [0.4, 0.5) is 5.69 Å². The monoisotopic (exact) mass is 276 g/mol. The molecule has 0 atom stereocenters. The second-order valence-corrected chi connectivity index (χ2v) is 5.52. The Morgan fingerprint density at radius 3 is 2.86 bits per heavy atom. The molecule has 21 heavy (non-hydrogen) atoms. The molecular formula is C19H20N2. The van der Waals surface area contributed by atoms with Gasteiger partial charge < -0.3 is 5.73 Å². The molecule has 106 valence electrons. The zero-order valence-electron chi connectivity index (χ0n) is 12.6. The molecule has 0 saturated heterocycles. The lowest BCUT2D eigenvalue weighted by Gasteiger charge is -2.11. The van der Waals surface area contributed by atoms with Gasteiger partial charge in [-0.05, 0) is 60.2 Å². The average Bonchev–Trinajstić information content (AvgIpc) is 3.24. The summed E-state index contributed by atoms with van der Waals surface area (Å²) in [5.41, 5.74) is 14.1. The molecule has 2 nitrogen and oxygen atoms in total. The molecule has 0 radical (unpaired) electrons. The summed E-state index contributed by atoms with van der Waals surface area (Å²) >= 11 is 0. The van der Waals surface area contributed by atoms with Gasteiger partial charge >= 0.3 is 0 Å². The maximum Gasteiger partial charge on any atom is 0.0730 e. The van der Waals surface area contributed by atoms with E-state index in [9.17, 15) is 0 Å². The van der Waals surface area contributed by atoms with Crippen LogP contribution in [0.5, 0.6) is 0 Å². The van der Waals surface area contributed by atoms with Crippen LogP contribution in [-0.2, 0) is 6.42 Å². The Balaban J connectivity index is 2.13. The Kier molecular flexibility index (Phi) is 3.38. The second kappa shape index (κ2) is 5.21. The van der Waals surface area contributed by atoms with E-state index in [2.05, 4.69) is 32.6 Å². The van der Waals surface area contributed by atoms with Gasteiger partial charge in [0.1, 0.15) is 0 Å². The van der Waals surface area contributed by atoms with Gasteiger partial charge in [-0.3, -0.25) is 0 Å². The van der Waals surface area contributed by atoms with Crippen LogP contribution in [0.1, 0.15) is 31.5 Å². The lowest BCUT2D eigenvalue weighted by molar-refractivity contribution is 1.10. The number of nitrogens with two attached hydrogens (primary N) is 1. The highest BCUT2D eigenvalue weighted by molar-refractivity contribution is 5.92. The maximum absolute atomic E-state index is 6.06. The van der Waals surface area contributed by atoms with Gasteiger partial charge in [0.2, 0.25) is 0 Å². The third kappa shape index (κ3) is 2.49. The molecule has 0 spiro atoms. The Bertz CT molecular complexity index is 795. The van der Waals surface area contributed by atoms with Gasteiger partial charge in [0.25, 0.3) is 0 Å². The fraction of sp³-hybridized carbons (Fsp3) is 0.211. The fourth-order valence-corrected chi connectivity index (χ4v) is 2.71. The summed E-state index contributed by atoms with van der Waals surface area (Å²) in [6.45, 7) is 8.11. The zero-order chi connectivity index (χ0) is 15.0. The van der Waals surface area contributed by atoms with Gasteiger partial charge in [-0.1, -0.05) is 31.7 Å². The van der Waals surface area contributed by atoms with E-state index in [4.69, 9.17) is 10.7 Å². The van der Waals surface area contributed by atoms with Gasteiger partial charge in [0.05, 0.1) is 11.2 Å². The number of aryl methyl sites for hydroxylation is 1. The van der Waals surface area contributed by atoms with Crippen LogP contribution in [0, 0.1) is 0 Å². The van der Waals surface area contributed by atoms with E-state index in [1.54, 1.807) is 0 Å². The molecule has 0 bridgehead atoms. The van der Waals surface area contributed by atoms with Crippen LogP contribution < -0.4 is 5.73 Å². The predicted molar refractivity (Wildman–Crippen MR) is 91.0 cm³/mol. The van der Waals surface area contributed by atoms with Crippen molar-refractivity contribution in [1.82, 2.24) is 4.98 Å². The molecule has 2 aromatic rings. The van der Waals surface area contributed by atoms with Crippen molar-refractivity contribution in [2.45, 2.75) is 26.7 Å². The minimum absolute atomic E-state index is 0.793. The largest absolute Gasteiger partial charge is 0.398 e. The molecule has 1 aromatic carbocycles. The normalized spacial score (nSPS) is 14.7. The number of anilines is 1. The summed E-state index contributed by atoms with van der Waals surface area (Å²) in [6, 6.07) is 8.09. The third-order valence-corrected chi connectivity index (χ3v) is 4.03. The highest BCUT2D eigenvalue weighted by Crippen LogP contribution is 2.35.